The molecule has 2 heteroatoms. The lowest BCUT2D eigenvalue weighted by Gasteiger charge is -2.11. The van der Waals surface area contributed by atoms with E-state index in [0.717, 1.165) is 12.0 Å². The summed E-state index contributed by atoms with van der Waals surface area (Å²) in [5.41, 5.74) is 3.59. The van der Waals surface area contributed by atoms with Crippen LogP contribution in [0.25, 0.3) is 6.08 Å². The lowest BCUT2D eigenvalue weighted by atomic mass is 10.0. The van der Waals surface area contributed by atoms with Crippen LogP contribution in [0.15, 0.2) is 24.3 Å². The van der Waals surface area contributed by atoms with Crippen molar-refractivity contribution < 1.29 is 5.11 Å². The van der Waals surface area contributed by atoms with E-state index in [1.165, 1.54) is 11.1 Å². The molecule has 74 valence electrons. The summed E-state index contributed by atoms with van der Waals surface area (Å²) < 4.78 is 0. The SMILES string of the molecule is CNCC(O)c1ccc2c(c1)C=CC2. The van der Waals surface area contributed by atoms with E-state index in [1.54, 1.807) is 0 Å². The molecule has 1 aromatic carbocycles. The van der Waals surface area contributed by atoms with Gasteiger partial charge in [0.05, 0.1) is 6.10 Å². The first kappa shape index (κ1) is 9.44. The fourth-order valence-corrected chi connectivity index (χ4v) is 1.79. The van der Waals surface area contributed by atoms with Gasteiger partial charge in [-0.2, -0.15) is 0 Å². The maximum absolute atomic E-state index is 9.77. The first-order valence-electron chi connectivity index (χ1n) is 4.93. The largest absolute Gasteiger partial charge is 0.387 e. The predicted octanol–water partition coefficient (Wildman–Crippen LogP) is 1.51. The molecule has 0 saturated heterocycles. The summed E-state index contributed by atoms with van der Waals surface area (Å²) >= 11 is 0. The van der Waals surface area contributed by atoms with Crippen molar-refractivity contribution in [3.05, 3.63) is 41.0 Å². The summed E-state index contributed by atoms with van der Waals surface area (Å²) in [5, 5.41) is 12.7. The lowest BCUT2D eigenvalue weighted by molar-refractivity contribution is 0.178. The third-order valence-electron chi connectivity index (χ3n) is 2.59. The van der Waals surface area contributed by atoms with Crippen LogP contribution in [-0.4, -0.2) is 18.7 Å². The molecule has 0 spiro atoms. The van der Waals surface area contributed by atoms with E-state index in [-0.39, 0.29) is 0 Å². The van der Waals surface area contributed by atoms with Crippen molar-refractivity contribution in [1.29, 1.82) is 0 Å². The maximum Gasteiger partial charge on any atom is 0.0914 e. The molecule has 2 nitrogen and oxygen atoms in total. The molecule has 0 fully saturated rings. The van der Waals surface area contributed by atoms with Gasteiger partial charge >= 0.3 is 0 Å². The molecular weight excluding hydrogens is 174 g/mol. The number of nitrogens with one attached hydrogen (secondary N) is 1. The molecule has 0 saturated carbocycles. The standard InChI is InChI=1S/C12H15NO/c1-13-8-12(14)11-6-5-9-3-2-4-10(9)7-11/h2,4-7,12-14H,3,8H2,1H3. The average molecular weight is 189 g/mol. The average Bonchev–Trinajstić information content (AvgIpc) is 2.64. The van der Waals surface area contributed by atoms with Gasteiger partial charge in [-0.15, -0.1) is 0 Å². The van der Waals surface area contributed by atoms with E-state index in [9.17, 15) is 5.11 Å². The number of likely N-dealkylation sites (N-methyl/N-ethyl adjacent to an activating group) is 1. The minimum atomic E-state index is -0.403. The fourth-order valence-electron chi connectivity index (χ4n) is 1.79. The fraction of sp³-hybridized carbons (Fsp3) is 0.333. The highest BCUT2D eigenvalue weighted by Gasteiger charge is 2.10. The highest BCUT2D eigenvalue weighted by Crippen LogP contribution is 2.23. The Morgan fingerprint density at radius 3 is 3.14 bits per heavy atom. The molecule has 1 unspecified atom stereocenters. The van der Waals surface area contributed by atoms with Gasteiger partial charge in [-0.25, -0.2) is 0 Å². The molecule has 1 atom stereocenters. The number of allylic oxidation sites excluding steroid dienone is 1. The molecule has 0 radical (unpaired) electrons. The quantitative estimate of drug-likeness (QED) is 0.755. The predicted molar refractivity (Wildman–Crippen MR) is 58.1 cm³/mol. The van der Waals surface area contributed by atoms with E-state index < -0.39 is 6.10 Å². The number of rotatable bonds is 3. The molecule has 0 bridgehead atoms. The molecule has 0 heterocycles. The molecular formula is C12H15NO. The van der Waals surface area contributed by atoms with Crippen LogP contribution in [-0.2, 0) is 6.42 Å². The number of benzene rings is 1. The first-order valence-corrected chi connectivity index (χ1v) is 4.93. The van der Waals surface area contributed by atoms with Crippen LogP contribution < -0.4 is 5.32 Å². The topological polar surface area (TPSA) is 32.3 Å². The van der Waals surface area contributed by atoms with E-state index in [0.29, 0.717) is 6.54 Å². The van der Waals surface area contributed by atoms with Gasteiger partial charge in [0.15, 0.2) is 0 Å². The van der Waals surface area contributed by atoms with Crippen LogP contribution in [0.2, 0.25) is 0 Å². The van der Waals surface area contributed by atoms with Crippen LogP contribution in [0.5, 0.6) is 0 Å². The van der Waals surface area contributed by atoms with Gasteiger partial charge in [0.2, 0.25) is 0 Å². The Kier molecular flexibility index (Phi) is 2.66. The normalized spacial score (nSPS) is 15.6. The molecule has 0 aromatic heterocycles. The van der Waals surface area contributed by atoms with Gasteiger partial charge in [0.25, 0.3) is 0 Å². The minimum Gasteiger partial charge on any atom is -0.387 e. The third-order valence-corrected chi connectivity index (χ3v) is 2.59. The molecule has 1 aliphatic rings. The molecule has 1 aliphatic carbocycles. The third kappa shape index (κ3) is 1.72. The van der Waals surface area contributed by atoms with Crippen LogP contribution in [0.1, 0.15) is 22.8 Å². The molecule has 1 aromatic rings. The zero-order chi connectivity index (χ0) is 9.97. The molecule has 0 aliphatic heterocycles. The van der Waals surface area contributed by atoms with E-state index in [1.807, 2.05) is 13.1 Å². The Bertz CT molecular complexity index is 357. The van der Waals surface area contributed by atoms with Crippen molar-refractivity contribution in [2.75, 3.05) is 13.6 Å². The van der Waals surface area contributed by atoms with Gasteiger partial charge < -0.3 is 10.4 Å². The van der Waals surface area contributed by atoms with Gasteiger partial charge in [-0.1, -0.05) is 24.3 Å². The minimum absolute atomic E-state index is 0.403. The second-order valence-corrected chi connectivity index (χ2v) is 3.64. The number of hydrogen-bond acceptors (Lipinski definition) is 2. The number of fused-ring (bicyclic) bond motifs is 1. The van der Waals surface area contributed by atoms with Crippen molar-refractivity contribution >= 4 is 6.08 Å². The van der Waals surface area contributed by atoms with Gasteiger partial charge in [0.1, 0.15) is 0 Å². The summed E-state index contributed by atoms with van der Waals surface area (Å²) in [6, 6.07) is 6.18. The van der Waals surface area contributed by atoms with Crippen LogP contribution in [0.3, 0.4) is 0 Å². The Hall–Kier alpha value is -1.12. The Morgan fingerprint density at radius 1 is 1.50 bits per heavy atom. The van der Waals surface area contributed by atoms with E-state index in [2.05, 4.69) is 29.6 Å². The van der Waals surface area contributed by atoms with E-state index >= 15 is 0 Å². The van der Waals surface area contributed by atoms with Crippen molar-refractivity contribution in [3.8, 4) is 0 Å². The summed E-state index contributed by atoms with van der Waals surface area (Å²) in [6.07, 6.45) is 4.89. The zero-order valence-electron chi connectivity index (χ0n) is 8.33. The van der Waals surface area contributed by atoms with Crippen LogP contribution in [0, 0.1) is 0 Å². The number of aliphatic hydroxyl groups is 1. The summed E-state index contributed by atoms with van der Waals surface area (Å²) in [7, 11) is 1.84. The number of hydrogen-bond donors (Lipinski definition) is 2. The lowest BCUT2D eigenvalue weighted by Crippen LogP contribution is -2.16. The Balaban J connectivity index is 2.23. The monoisotopic (exact) mass is 189 g/mol. The van der Waals surface area contributed by atoms with Crippen LogP contribution in [0.4, 0.5) is 0 Å². The maximum atomic E-state index is 9.77. The smallest absolute Gasteiger partial charge is 0.0914 e. The summed E-state index contributed by atoms with van der Waals surface area (Å²) in [4.78, 5) is 0. The molecule has 14 heavy (non-hydrogen) atoms. The second-order valence-electron chi connectivity index (χ2n) is 3.64. The Labute approximate surface area is 84.3 Å². The van der Waals surface area contributed by atoms with Crippen molar-refractivity contribution in [2.24, 2.45) is 0 Å². The zero-order valence-corrected chi connectivity index (χ0v) is 8.33. The molecule has 2 N–H and O–H groups in total. The second kappa shape index (κ2) is 3.95. The molecule has 2 rings (SSSR count). The van der Waals surface area contributed by atoms with Gasteiger partial charge in [-0.3, -0.25) is 0 Å². The van der Waals surface area contributed by atoms with Crippen molar-refractivity contribution in [2.45, 2.75) is 12.5 Å². The first-order chi connectivity index (χ1) is 6.81. The van der Waals surface area contributed by atoms with Crippen molar-refractivity contribution in [3.63, 3.8) is 0 Å². The highest BCUT2D eigenvalue weighted by molar-refractivity contribution is 5.60. The van der Waals surface area contributed by atoms with Gasteiger partial charge in [-0.05, 0) is 36.2 Å². The highest BCUT2D eigenvalue weighted by atomic mass is 16.3. The van der Waals surface area contributed by atoms with Crippen LogP contribution >= 0.6 is 0 Å². The summed E-state index contributed by atoms with van der Waals surface area (Å²) in [5.74, 6) is 0. The van der Waals surface area contributed by atoms with E-state index in [4.69, 9.17) is 0 Å². The number of aliphatic hydroxyl groups excluding tert-OH is 1. The van der Waals surface area contributed by atoms with Crippen molar-refractivity contribution in [1.82, 2.24) is 5.32 Å². The summed E-state index contributed by atoms with van der Waals surface area (Å²) in [6.45, 7) is 0.600. The molecule has 0 amide bonds. The Morgan fingerprint density at radius 2 is 2.36 bits per heavy atom. The van der Waals surface area contributed by atoms with Gasteiger partial charge in [0, 0.05) is 6.54 Å².